The number of rotatable bonds is 6. The molecule has 0 aliphatic carbocycles. The molecule has 0 saturated carbocycles. The second-order valence-electron chi connectivity index (χ2n) is 3.96. The summed E-state index contributed by atoms with van der Waals surface area (Å²) in [7, 11) is 1.75. The van der Waals surface area contributed by atoms with E-state index >= 15 is 0 Å². The van der Waals surface area contributed by atoms with Gasteiger partial charge in [0.25, 0.3) is 0 Å². The van der Waals surface area contributed by atoms with E-state index in [1.54, 1.807) is 7.11 Å². The molecule has 0 bridgehead atoms. The third-order valence-electron chi connectivity index (χ3n) is 2.80. The number of hydrogen-bond acceptors (Lipinski definition) is 1. The summed E-state index contributed by atoms with van der Waals surface area (Å²) in [4.78, 5) is 0. The van der Waals surface area contributed by atoms with Gasteiger partial charge in [0.2, 0.25) is 0 Å². The summed E-state index contributed by atoms with van der Waals surface area (Å²) < 4.78 is 5.38. The van der Waals surface area contributed by atoms with E-state index in [2.05, 4.69) is 32.0 Å². The zero-order chi connectivity index (χ0) is 11.1. The summed E-state index contributed by atoms with van der Waals surface area (Å²) in [6, 6.07) is 6.62. The molecule has 0 radical (unpaired) electrons. The Morgan fingerprint density at radius 3 is 2.53 bits per heavy atom. The van der Waals surface area contributed by atoms with E-state index in [0.29, 0.717) is 0 Å². The van der Waals surface area contributed by atoms with Crippen LogP contribution in [0.25, 0.3) is 0 Å². The third-order valence-corrected chi connectivity index (χ3v) is 2.80. The fourth-order valence-electron chi connectivity index (χ4n) is 1.82. The van der Waals surface area contributed by atoms with Gasteiger partial charge in [0.1, 0.15) is 5.75 Å². The fourth-order valence-corrected chi connectivity index (χ4v) is 1.82. The van der Waals surface area contributed by atoms with Crippen molar-refractivity contribution in [3.8, 4) is 5.75 Å². The van der Waals surface area contributed by atoms with E-state index in [1.807, 2.05) is 0 Å². The molecule has 84 valence electrons. The SMILES string of the molecule is CCCCCc1ccc(CC)c(OC)c1. The summed E-state index contributed by atoms with van der Waals surface area (Å²) in [6.45, 7) is 4.40. The van der Waals surface area contributed by atoms with Crippen molar-refractivity contribution in [2.75, 3.05) is 7.11 Å². The van der Waals surface area contributed by atoms with Crippen LogP contribution >= 0.6 is 0 Å². The molecule has 0 aliphatic rings. The molecule has 0 heterocycles. The lowest BCUT2D eigenvalue weighted by Crippen LogP contribution is -1.93. The molecular weight excluding hydrogens is 184 g/mol. The van der Waals surface area contributed by atoms with Crippen LogP contribution in [-0.2, 0) is 12.8 Å². The van der Waals surface area contributed by atoms with Crippen molar-refractivity contribution in [3.63, 3.8) is 0 Å². The largest absolute Gasteiger partial charge is 0.496 e. The van der Waals surface area contributed by atoms with Gasteiger partial charge in [-0.25, -0.2) is 0 Å². The minimum atomic E-state index is 1.04. The minimum absolute atomic E-state index is 1.04. The van der Waals surface area contributed by atoms with Crippen molar-refractivity contribution in [1.82, 2.24) is 0 Å². The Labute approximate surface area is 93.5 Å². The summed E-state index contributed by atoms with van der Waals surface area (Å²) >= 11 is 0. The Morgan fingerprint density at radius 1 is 1.13 bits per heavy atom. The van der Waals surface area contributed by atoms with Crippen molar-refractivity contribution in [1.29, 1.82) is 0 Å². The Bertz CT molecular complexity index is 291. The maximum absolute atomic E-state index is 5.38. The van der Waals surface area contributed by atoms with Gasteiger partial charge in [-0.2, -0.15) is 0 Å². The lowest BCUT2D eigenvalue weighted by atomic mass is 10.0. The molecule has 0 aromatic heterocycles. The number of methoxy groups -OCH3 is 1. The standard InChI is InChI=1S/C14H22O/c1-4-6-7-8-12-9-10-13(5-2)14(11-12)15-3/h9-11H,4-8H2,1-3H3. The number of unbranched alkanes of at least 4 members (excludes halogenated alkanes) is 2. The average molecular weight is 206 g/mol. The van der Waals surface area contributed by atoms with Gasteiger partial charge in [0.05, 0.1) is 7.11 Å². The molecular formula is C14H22O. The Balaban J connectivity index is 2.66. The van der Waals surface area contributed by atoms with E-state index < -0.39 is 0 Å². The minimum Gasteiger partial charge on any atom is -0.496 e. The number of hydrogen-bond donors (Lipinski definition) is 0. The van der Waals surface area contributed by atoms with Crippen molar-refractivity contribution in [2.45, 2.75) is 46.0 Å². The van der Waals surface area contributed by atoms with Crippen molar-refractivity contribution >= 4 is 0 Å². The first-order chi connectivity index (χ1) is 7.31. The second kappa shape index (κ2) is 6.49. The molecule has 0 saturated heterocycles. The van der Waals surface area contributed by atoms with Crippen molar-refractivity contribution < 1.29 is 4.74 Å². The Morgan fingerprint density at radius 2 is 1.93 bits per heavy atom. The van der Waals surface area contributed by atoms with Gasteiger partial charge in [-0.1, -0.05) is 38.8 Å². The number of ether oxygens (including phenoxy) is 1. The van der Waals surface area contributed by atoms with Crippen LogP contribution in [0.4, 0.5) is 0 Å². The quantitative estimate of drug-likeness (QED) is 0.639. The van der Waals surface area contributed by atoms with Gasteiger partial charge in [-0.05, 0) is 36.5 Å². The molecule has 15 heavy (non-hydrogen) atoms. The van der Waals surface area contributed by atoms with Gasteiger partial charge in [0.15, 0.2) is 0 Å². The number of aryl methyl sites for hydroxylation is 2. The highest BCUT2D eigenvalue weighted by atomic mass is 16.5. The van der Waals surface area contributed by atoms with E-state index in [0.717, 1.165) is 12.2 Å². The second-order valence-corrected chi connectivity index (χ2v) is 3.96. The van der Waals surface area contributed by atoms with Crippen LogP contribution in [0.2, 0.25) is 0 Å². The van der Waals surface area contributed by atoms with Gasteiger partial charge < -0.3 is 4.74 Å². The summed E-state index contributed by atoms with van der Waals surface area (Å²) in [6.07, 6.45) is 6.10. The molecule has 1 rings (SSSR count). The monoisotopic (exact) mass is 206 g/mol. The predicted octanol–water partition coefficient (Wildman–Crippen LogP) is 3.99. The third kappa shape index (κ3) is 3.58. The van der Waals surface area contributed by atoms with Crippen LogP contribution in [0.5, 0.6) is 5.75 Å². The van der Waals surface area contributed by atoms with Crippen LogP contribution in [0.1, 0.15) is 44.2 Å². The van der Waals surface area contributed by atoms with Gasteiger partial charge in [-0.15, -0.1) is 0 Å². The van der Waals surface area contributed by atoms with Crippen LogP contribution in [0, 0.1) is 0 Å². The zero-order valence-electron chi connectivity index (χ0n) is 10.2. The Hall–Kier alpha value is -0.980. The lowest BCUT2D eigenvalue weighted by Gasteiger charge is -2.09. The molecule has 0 N–H and O–H groups in total. The molecule has 0 amide bonds. The van der Waals surface area contributed by atoms with Gasteiger partial charge >= 0.3 is 0 Å². The fraction of sp³-hybridized carbons (Fsp3) is 0.571. The number of benzene rings is 1. The summed E-state index contributed by atoms with van der Waals surface area (Å²) in [5, 5.41) is 0. The summed E-state index contributed by atoms with van der Waals surface area (Å²) in [5.74, 6) is 1.05. The maximum atomic E-state index is 5.38. The van der Waals surface area contributed by atoms with Crippen LogP contribution in [-0.4, -0.2) is 7.11 Å². The Kier molecular flexibility index (Phi) is 5.23. The van der Waals surface area contributed by atoms with Crippen molar-refractivity contribution in [3.05, 3.63) is 29.3 Å². The maximum Gasteiger partial charge on any atom is 0.122 e. The highest BCUT2D eigenvalue weighted by Gasteiger charge is 2.02. The molecule has 0 spiro atoms. The molecule has 1 aromatic carbocycles. The molecule has 1 aromatic rings. The normalized spacial score (nSPS) is 10.3. The van der Waals surface area contributed by atoms with Gasteiger partial charge in [0, 0.05) is 0 Å². The highest BCUT2D eigenvalue weighted by molar-refractivity contribution is 5.37. The van der Waals surface area contributed by atoms with E-state index in [9.17, 15) is 0 Å². The van der Waals surface area contributed by atoms with E-state index in [4.69, 9.17) is 4.74 Å². The average Bonchev–Trinajstić information content (AvgIpc) is 2.29. The lowest BCUT2D eigenvalue weighted by molar-refractivity contribution is 0.409. The first-order valence-corrected chi connectivity index (χ1v) is 5.97. The first-order valence-electron chi connectivity index (χ1n) is 5.97. The van der Waals surface area contributed by atoms with Crippen LogP contribution < -0.4 is 4.74 Å². The highest BCUT2D eigenvalue weighted by Crippen LogP contribution is 2.21. The zero-order valence-corrected chi connectivity index (χ0v) is 10.2. The molecule has 1 heteroatoms. The predicted molar refractivity (Wildman–Crippen MR) is 65.6 cm³/mol. The summed E-state index contributed by atoms with van der Waals surface area (Å²) in [5.41, 5.74) is 2.70. The van der Waals surface area contributed by atoms with E-state index in [-0.39, 0.29) is 0 Å². The van der Waals surface area contributed by atoms with E-state index in [1.165, 1.54) is 36.8 Å². The molecule has 0 unspecified atom stereocenters. The van der Waals surface area contributed by atoms with Gasteiger partial charge in [-0.3, -0.25) is 0 Å². The molecule has 0 atom stereocenters. The van der Waals surface area contributed by atoms with Crippen molar-refractivity contribution in [2.24, 2.45) is 0 Å². The van der Waals surface area contributed by atoms with Crippen LogP contribution in [0.15, 0.2) is 18.2 Å². The molecule has 0 aliphatic heterocycles. The topological polar surface area (TPSA) is 9.23 Å². The molecule has 0 fully saturated rings. The van der Waals surface area contributed by atoms with Crippen LogP contribution in [0.3, 0.4) is 0 Å². The molecule has 1 nitrogen and oxygen atoms in total. The first kappa shape index (κ1) is 12.1. The smallest absolute Gasteiger partial charge is 0.122 e.